The fourth-order valence-electron chi connectivity index (χ4n) is 4.62. The first-order valence-corrected chi connectivity index (χ1v) is 11.4. The highest BCUT2D eigenvalue weighted by molar-refractivity contribution is 5.76. The quantitative estimate of drug-likeness (QED) is 0.694. The van der Waals surface area contributed by atoms with Crippen LogP contribution in [0.15, 0.2) is 48.5 Å². The van der Waals surface area contributed by atoms with Gasteiger partial charge in [-0.2, -0.15) is 0 Å². The molecule has 0 radical (unpaired) electrons. The summed E-state index contributed by atoms with van der Waals surface area (Å²) >= 11 is 0. The number of carbonyl (C=O) groups is 1. The molecule has 2 heterocycles. The number of aliphatic hydroxyl groups is 1. The van der Waals surface area contributed by atoms with E-state index in [0.717, 1.165) is 12.0 Å². The van der Waals surface area contributed by atoms with E-state index in [1.54, 1.807) is 18.2 Å². The number of fused-ring (bicyclic) bond motifs is 1. The number of nitrogens with one attached hydrogen (secondary N) is 1. The van der Waals surface area contributed by atoms with Crippen LogP contribution in [0.2, 0.25) is 0 Å². The van der Waals surface area contributed by atoms with Crippen molar-refractivity contribution in [3.8, 4) is 0 Å². The van der Waals surface area contributed by atoms with Crippen LogP contribution in [0.1, 0.15) is 30.4 Å². The topological polar surface area (TPSA) is 71.0 Å². The smallest absolute Gasteiger partial charge is 0.222 e. The number of amides is 1. The molecule has 4 rings (SSSR count). The molecule has 2 N–H and O–H groups in total. The zero-order valence-corrected chi connectivity index (χ0v) is 18.5. The third-order valence-electron chi connectivity index (χ3n) is 6.15. The zero-order valence-electron chi connectivity index (χ0n) is 18.5. The summed E-state index contributed by atoms with van der Waals surface area (Å²) in [6.07, 6.45) is 0.544. The maximum atomic E-state index is 13.7. The van der Waals surface area contributed by atoms with Gasteiger partial charge in [-0.05, 0) is 48.2 Å². The van der Waals surface area contributed by atoms with E-state index in [-0.39, 0.29) is 55.4 Å². The molecule has 4 atom stereocenters. The lowest BCUT2D eigenvalue weighted by Gasteiger charge is -2.44. The van der Waals surface area contributed by atoms with E-state index in [4.69, 9.17) is 9.47 Å². The third-order valence-corrected chi connectivity index (χ3v) is 6.15. The van der Waals surface area contributed by atoms with Gasteiger partial charge >= 0.3 is 0 Å². The van der Waals surface area contributed by atoms with Crippen molar-refractivity contribution in [2.75, 3.05) is 19.8 Å². The van der Waals surface area contributed by atoms with Crippen molar-refractivity contribution in [2.45, 2.75) is 56.7 Å². The molecule has 178 valence electrons. The highest BCUT2D eigenvalue weighted by Crippen LogP contribution is 2.29. The van der Waals surface area contributed by atoms with Crippen molar-refractivity contribution >= 4 is 5.91 Å². The van der Waals surface area contributed by atoms with Crippen molar-refractivity contribution in [3.05, 3.63) is 71.3 Å². The van der Waals surface area contributed by atoms with Gasteiger partial charge in [-0.25, -0.2) is 8.78 Å². The molecule has 2 fully saturated rings. The maximum Gasteiger partial charge on any atom is 0.222 e. The molecule has 2 aromatic carbocycles. The summed E-state index contributed by atoms with van der Waals surface area (Å²) in [6, 6.07) is 12.6. The molecular formula is C25H30F2N2O4. The van der Waals surface area contributed by atoms with E-state index in [1.807, 2.05) is 6.07 Å². The van der Waals surface area contributed by atoms with Crippen LogP contribution in [-0.2, 0) is 27.4 Å². The lowest BCUT2D eigenvalue weighted by atomic mass is 9.94. The van der Waals surface area contributed by atoms with Gasteiger partial charge in [0.05, 0.1) is 37.9 Å². The SMILES string of the molecule is O=C(C[C@@H]1CC[C@@H]2[C@H](COC[C@H](O)CN2Cc2cccc(F)c2)O1)NCc1cccc(F)c1. The van der Waals surface area contributed by atoms with E-state index in [1.165, 1.54) is 24.3 Å². The number of nitrogens with zero attached hydrogens (tertiary/aromatic N) is 1. The molecule has 8 heteroatoms. The van der Waals surface area contributed by atoms with Crippen molar-refractivity contribution in [3.63, 3.8) is 0 Å². The van der Waals surface area contributed by atoms with Crippen LogP contribution in [0.3, 0.4) is 0 Å². The molecule has 2 aliphatic rings. The van der Waals surface area contributed by atoms with Crippen LogP contribution >= 0.6 is 0 Å². The van der Waals surface area contributed by atoms with Crippen LogP contribution in [-0.4, -0.2) is 60.0 Å². The Kier molecular flexibility index (Phi) is 8.03. The Balaban J connectivity index is 1.34. The van der Waals surface area contributed by atoms with Gasteiger partial charge in [0.15, 0.2) is 0 Å². The normalized spacial score (nSPS) is 26.2. The first-order valence-electron chi connectivity index (χ1n) is 11.4. The molecule has 0 bridgehead atoms. The van der Waals surface area contributed by atoms with Gasteiger partial charge in [0.2, 0.25) is 5.91 Å². The largest absolute Gasteiger partial charge is 0.389 e. The highest BCUT2D eigenvalue weighted by atomic mass is 19.1. The van der Waals surface area contributed by atoms with Crippen molar-refractivity contribution in [1.82, 2.24) is 10.2 Å². The molecule has 33 heavy (non-hydrogen) atoms. The first kappa shape index (κ1) is 23.8. The molecule has 1 amide bonds. The van der Waals surface area contributed by atoms with Gasteiger partial charge in [-0.1, -0.05) is 24.3 Å². The van der Waals surface area contributed by atoms with Gasteiger partial charge in [0.25, 0.3) is 0 Å². The van der Waals surface area contributed by atoms with Crippen LogP contribution in [0.25, 0.3) is 0 Å². The average molecular weight is 461 g/mol. The minimum atomic E-state index is -0.633. The molecule has 6 nitrogen and oxygen atoms in total. The van der Waals surface area contributed by atoms with Gasteiger partial charge in [0, 0.05) is 25.7 Å². The Bertz CT molecular complexity index is 944. The van der Waals surface area contributed by atoms with Crippen LogP contribution in [0.4, 0.5) is 8.78 Å². The molecule has 0 unspecified atom stereocenters. The number of aliphatic hydroxyl groups excluding tert-OH is 1. The summed E-state index contributed by atoms with van der Waals surface area (Å²) in [6.45, 7) is 1.68. The Morgan fingerprint density at radius 2 is 1.79 bits per heavy atom. The summed E-state index contributed by atoms with van der Waals surface area (Å²) < 4.78 is 38.9. The van der Waals surface area contributed by atoms with Crippen LogP contribution in [0, 0.1) is 11.6 Å². The second-order valence-electron chi connectivity index (χ2n) is 8.80. The second-order valence-corrected chi connectivity index (χ2v) is 8.80. The predicted molar refractivity (Wildman–Crippen MR) is 118 cm³/mol. The minimum absolute atomic E-state index is 0.00479. The summed E-state index contributed by atoms with van der Waals surface area (Å²) in [5.41, 5.74) is 1.54. The number of rotatable bonds is 6. The molecule has 0 aromatic heterocycles. The monoisotopic (exact) mass is 460 g/mol. The lowest BCUT2D eigenvalue weighted by molar-refractivity contribution is -0.158. The molecule has 2 aromatic rings. The van der Waals surface area contributed by atoms with Gasteiger partial charge in [0.1, 0.15) is 11.6 Å². The van der Waals surface area contributed by atoms with Crippen molar-refractivity contribution in [1.29, 1.82) is 0 Å². The predicted octanol–water partition coefficient (Wildman–Crippen LogP) is 2.78. The number of ether oxygens (including phenoxy) is 2. The van der Waals surface area contributed by atoms with Crippen LogP contribution in [0.5, 0.6) is 0 Å². The van der Waals surface area contributed by atoms with Crippen LogP contribution < -0.4 is 5.32 Å². The van der Waals surface area contributed by atoms with Gasteiger partial charge < -0.3 is 19.9 Å². The molecule has 2 saturated heterocycles. The summed E-state index contributed by atoms with van der Waals surface area (Å²) in [5.74, 6) is -0.772. The molecule has 0 saturated carbocycles. The zero-order chi connectivity index (χ0) is 23.2. The van der Waals surface area contributed by atoms with E-state index in [0.29, 0.717) is 31.7 Å². The summed E-state index contributed by atoms with van der Waals surface area (Å²) in [4.78, 5) is 14.6. The van der Waals surface area contributed by atoms with Gasteiger partial charge in [-0.15, -0.1) is 0 Å². The summed E-state index contributed by atoms with van der Waals surface area (Å²) in [5, 5.41) is 13.1. The average Bonchev–Trinajstić information content (AvgIpc) is 2.77. The number of β-amino-alcohol motifs (C(OH)–C–C–N with tert-alkyl or cyclic N) is 1. The van der Waals surface area contributed by atoms with E-state index >= 15 is 0 Å². The highest BCUT2D eigenvalue weighted by Gasteiger charge is 2.38. The molecule has 2 aliphatic heterocycles. The number of hydrogen-bond donors (Lipinski definition) is 2. The Labute approximate surface area is 192 Å². The maximum absolute atomic E-state index is 13.7. The van der Waals surface area contributed by atoms with Crippen molar-refractivity contribution in [2.24, 2.45) is 0 Å². The Morgan fingerprint density at radius 1 is 1.06 bits per heavy atom. The third kappa shape index (κ3) is 6.80. The Hall–Kier alpha value is -2.39. The molecule has 0 aliphatic carbocycles. The number of hydrogen-bond acceptors (Lipinski definition) is 5. The summed E-state index contributed by atoms with van der Waals surface area (Å²) in [7, 11) is 0. The van der Waals surface area contributed by atoms with E-state index in [9.17, 15) is 18.7 Å². The van der Waals surface area contributed by atoms with Crippen molar-refractivity contribution < 1.29 is 28.2 Å². The fraction of sp³-hybridized carbons (Fsp3) is 0.480. The Morgan fingerprint density at radius 3 is 2.55 bits per heavy atom. The number of benzene rings is 2. The second kappa shape index (κ2) is 11.2. The lowest BCUT2D eigenvalue weighted by Crippen LogP contribution is -2.55. The standard InChI is InChI=1S/C25H30F2N2O4/c26-19-5-1-3-17(9-19)12-28-25(31)11-22-7-8-23-24(33-22)16-32-15-21(30)14-29(23)13-18-4-2-6-20(27)10-18/h1-6,9-10,21-24,30H,7-8,11-16H2,(H,28,31)/t21-,22+,23-,24+/m1/s1. The van der Waals surface area contributed by atoms with E-state index in [2.05, 4.69) is 10.2 Å². The number of carbonyl (C=O) groups excluding carboxylic acids is 1. The molecule has 0 spiro atoms. The van der Waals surface area contributed by atoms with E-state index < -0.39 is 6.10 Å². The first-order chi connectivity index (χ1) is 16.0. The minimum Gasteiger partial charge on any atom is -0.389 e. The van der Waals surface area contributed by atoms with Gasteiger partial charge in [-0.3, -0.25) is 9.69 Å². The number of halogens is 2. The fourth-order valence-corrected chi connectivity index (χ4v) is 4.62. The molecular weight excluding hydrogens is 430 g/mol.